The Balaban J connectivity index is 1.64. The molecule has 0 unspecified atom stereocenters. The fourth-order valence-electron chi connectivity index (χ4n) is 2.44. The first-order valence-corrected chi connectivity index (χ1v) is 8.80. The molecule has 2 heterocycles. The van der Waals surface area contributed by atoms with Crippen LogP contribution in [0.4, 0.5) is 21.7 Å². The van der Waals surface area contributed by atoms with E-state index in [1.54, 1.807) is 12.1 Å². The molecule has 0 bridgehead atoms. The van der Waals surface area contributed by atoms with Crippen molar-refractivity contribution >= 4 is 46.4 Å². The van der Waals surface area contributed by atoms with Gasteiger partial charge in [0.25, 0.3) is 0 Å². The lowest BCUT2D eigenvalue weighted by Gasteiger charge is -2.10. The molecule has 152 valence electrons. The Hall–Kier alpha value is -3.99. The Morgan fingerprint density at radius 2 is 1.90 bits per heavy atom. The third-order valence-corrected chi connectivity index (χ3v) is 4.20. The van der Waals surface area contributed by atoms with Gasteiger partial charge >= 0.3 is 0 Å². The van der Waals surface area contributed by atoms with Gasteiger partial charge in [-0.3, -0.25) is 5.43 Å². The molecule has 0 saturated carbocycles. The molecule has 0 aliphatic rings. The van der Waals surface area contributed by atoms with E-state index in [4.69, 9.17) is 16.3 Å². The highest BCUT2D eigenvalue weighted by molar-refractivity contribution is 6.31. The van der Waals surface area contributed by atoms with Gasteiger partial charge in [0.15, 0.2) is 11.6 Å². The van der Waals surface area contributed by atoms with E-state index < -0.39 is 5.82 Å². The second-order valence-electron chi connectivity index (χ2n) is 5.88. The van der Waals surface area contributed by atoms with Crippen molar-refractivity contribution in [2.75, 3.05) is 17.9 Å². The SMILES string of the molecule is COc1ccc(O)c(C=NNc2nc3nonc3nc2Nc2ccc(F)c(Cl)c2)c1. The van der Waals surface area contributed by atoms with Crippen LogP contribution in [0.1, 0.15) is 5.56 Å². The van der Waals surface area contributed by atoms with Gasteiger partial charge in [0.05, 0.1) is 18.3 Å². The minimum atomic E-state index is -0.550. The predicted molar refractivity (Wildman–Crippen MR) is 108 cm³/mol. The predicted octanol–water partition coefficient (Wildman–Crippen LogP) is 3.71. The van der Waals surface area contributed by atoms with Crippen LogP contribution in [-0.2, 0) is 0 Å². The summed E-state index contributed by atoms with van der Waals surface area (Å²) in [6, 6.07) is 8.80. The zero-order chi connectivity index (χ0) is 21.1. The Morgan fingerprint density at radius 1 is 1.13 bits per heavy atom. The number of hydrogen-bond donors (Lipinski definition) is 3. The number of hydrogen-bond acceptors (Lipinski definition) is 10. The number of rotatable bonds is 6. The Kier molecular flexibility index (Phi) is 5.26. The Bertz CT molecular complexity index is 1250. The van der Waals surface area contributed by atoms with Gasteiger partial charge in [-0.05, 0) is 46.7 Å². The molecule has 4 aromatic rings. The van der Waals surface area contributed by atoms with Gasteiger partial charge in [0.1, 0.15) is 17.3 Å². The van der Waals surface area contributed by atoms with E-state index >= 15 is 0 Å². The molecular weight excluding hydrogens is 417 g/mol. The fourth-order valence-corrected chi connectivity index (χ4v) is 2.62. The largest absolute Gasteiger partial charge is 0.507 e. The molecular formula is C18H13ClFN7O3. The zero-order valence-corrected chi connectivity index (χ0v) is 16.1. The van der Waals surface area contributed by atoms with Crippen LogP contribution in [-0.4, -0.2) is 38.7 Å². The molecule has 2 aromatic carbocycles. The number of anilines is 3. The monoisotopic (exact) mass is 429 g/mol. The fraction of sp³-hybridized carbons (Fsp3) is 0.0556. The lowest BCUT2D eigenvalue weighted by molar-refractivity contribution is 0.314. The average molecular weight is 430 g/mol. The molecule has 0 aliphatic carbocycles. The number of ether oxygens (including phenoxy) is 1. The highest BCUT2D eigenvalue weighted by atomic mass is 35.5. The maximum atomic E-state index is 13.4. The first-order chi connectivity index (χ1) is 14.5. The highest BCUT2D eigenvalue weighted by Crippen LogP contribution is 2.27. The van der Waals surface area contributed by atoms with Gasteiger partial charge in [-0.25, -0.2) is 14.0 Å². The second kappa shape index (κ2) is 8.17. The van der Waals surface area contributed by atoms with E-state index in [9.17, 15) is 9.50 Å². The number of phenols is 1. The minimum Gasteiger partial charge on any atom is -0.507 e. The van der Waals surface area contributed by atoms with Crippen molar-refractivity contribution in [1.29, 1.82) is 0 Å². The van der Waals surface area contributed by atoms with Crippen LogP contribution in [0.2, 0.25) is 5.02 Å². The molecule has 0 saturated heterocycles. The number of fused-ring (bicyclic) bond motifs is 1. The lowest BCUT2D eigenvalue weighted by atomic mass is 10.2. The van der Waals surface area contributed by atoms with Crippen molar-refractivity contribution < 1.29 is 18.9 Å². The van der Waals surface area contributed by atoms with Crippen LogP contribution in [0.5, 0.6) is 11.5 Å². The molecule has 30 heavy (non-hydrogen) atoms. The van der Waals surface area contributed by atoms with E-state index in [2.05, 4.69) is 40.8 Å². The maximum absolute atomic E-state index is 13.4. The summed E-state index contributed by atoms with van der Waals surface area (Å²) < 4.78 is 23.2. The molecule has 4 rings (SSSR count). The van der Waals surface area contributed by atoms with E-state index in [-0.39, 0.29) is 33.7 Å². The van der Waals surface area contributed by atoms with Crippen LogP contribution in [0.25, 0.3) is 11.3 Å². The summed E-state index contributed by atoms with van der Waals surface area (Å²) in [5.41, 5.74) is 3.91. The van der Waals surface area contributed by atoms with E-state index in [1.807, 2.05) is 0 Å². The third kappa shape index (κ3) is 4.05. The number of halogens is 2. The van der Waals surface area contributed by atoms with Crippen LogP contribution in [0.15, 0.2) is 46.1 Å². The van der Waals surface area contributed by atoms with Crippen molar-refractivity contribution in [3.05, 3.63) is 52.8 Å². The first-order valence-electron chi connectivity index (χ1n) is 8.42. The topological polar surface area (TPSA) is 131 Å². The molecule has 0 spiro atoms. The quantitative estimate of drug-likeness (QED) is 0.310. The van der Waals surface area contributed by atoms with Crippen molar-refractivity contribution in [2.24, 2.45) is 5.10 Å². The number of hydrazone groups is 1. The van der Waals surface area contributed by atoms with Crippen molar-refractivity contribution in [3.8, 4) is 11.5 Å². The van der Waals surface area contributed by atoms with E-state index in [0.717, 1.165) is 0 Å². The molecule has 0 aliphatic heterocycles. The summed E-state index contributed by atoms with van der Waals surface area (Å²) in [4.78, 5) is 8.52. The van der Waals surface area contributed by atoms with Gasteiger partial charge in [-0.1, -0.05) is 11.6 Å². The van der Waals surface area contributed by atoms with Crippen LogP contribution < -0.4 is 15.5 Å². The molecule has 10 nitrogen and oxygen atoms in total. The lowest BCUT2D eigenvalue weighted by Crippen LogP contribution is -2.03. The van der Waals surface area contributed by atoms with Crippen LogP contribution in [0, 0.1) is 5.82 Å². The molecule has 0 radical (unpaired) electrons. The molecule has 2 aromatic heterocycles. The summed E-state index contributed by atoms with van der Waals surface area (Å²) in [7, 11) is 1.52. The van der Waals surface area contributed by atoms with Gasteiger partial charge in [-0.15, -0.1) is 0 Å². The number of methoxy groups -OCH3 is 1. The van der Waals surface area contributed by atoms with Crippen molar-refractivity contribution in [3.63, 3.8) is 0 Å². The van der Waals surface area contributed by atoms with E-state index in [1.165, 1.54) is 37.6 Å². The second-order valence-corrected chi connectivity index (χ2v) is 6.29. The third-order valence-electron chi connectivity index (χ3n) is 3.91. The number of nitrogens with one attached hydrogen (secondary N) is 2. The maximum Gasteiger partial charge on any atom is 0.245 e. The standard InChI is InChI=1S/C18H13ClFN7O3/c1-29-11-3-5-14(28)9(6-11)8-21-25-16-15(23-17-18(24-16)27-30-26-17)22-10-2-4-13(20)12(19)7-10/h2-8,28H,1H3,(H,22,23,26)(H,24,25,27). The summed E-state index contributed by atoms with van der Waals surface area (Å²) in [6.45, 7) is 0. The van der Waals surface area contributed by atoms with Gasteiger partial charge < -0.3 is 15.2 Å². The highest BCUT2D eigenvalue weighted by Gasteiger charge is 2.13. The molecule has 0 fully saturated rings. The number of phenolic OH excluding ortho intramolecular Hbond substituents is 1. The minimum absolute atomic E-state index is 0.0166. The zero-order valence-electron chi connectivity index (χ0n) is 15.3. The summed E-state index contributed by atoms with van der Waals surface area (Å²) in [5.74, 6) is 0.415. The smallest absolute Gasteiger partial charge is 0.245 e. The Morgan fingerprint density at radius 3 is 2.63 bits per heavy atom. The van der Waals surface area contributed by atoms with Gasteiger partial charge in [0.2, 0.25) is 11.3 Å². The van der Waals surface area contributed by atoms with Gasteiger partial charge in [0, 0.05) is 11.3 Å². The van der Waals surface area contributed by atoms with Crippen LogP contribution in [0.3, 0.4) is 0 Å². The normalized spacial score (nSPS) is 11.2. The average Bonchev–Trinajstić information content (AvgIpc) is 3.19. The number of benzene rings is 2. The number of nitrogens with zero attached hydrogens (tertiary/aromatic N) is 5. The summed E-state index contributed by atoms with van der Waals surface area (Å²) >= 11 is 5.83. The molecule has 0 amide bonds. The Labute approximate surface area is 173 Å². The molecule has 12 heteroatoms. The van der Waals surface area contributed by atoms with Crippen molar-refractivity contribution in [1.82, 2.24) is 20.3 Å². The van der Waals surface area contributed by atoms with E-state index in [0.29, 0.717) is 17.0 Å². The number of aromatic nitrogens is 4. The first kappa shape index (κ1) is 19.3. The summed E-state index contributed by atoms with van der Waals surface area (Å²) in [6.07, 6.45) is 1.38. The van der Waals surface area contributed by atoms with Crippen molar-refractivity contribution in [2.45, 2.75) is 0 Å². The van der Waals surface area contributed by atoms with Gasteiger partial charge in [-0.2, -0.15) is 10.1 Å². The van der Waals surface area contributed by atoms with Crippen LogP contribution >= 0.6 is 11.6 Å². The summed E-state index contributed by atoms with van der Waals surface area (Å²) in [5, 5.41) is 24.2. The number of aromatic hydroxyl groups is 1. The molecule has 3 N–H and O–H groups in total. The molecule has 0 atom stereocenters.